The second kappa shape index (κ2) is 11.6. The van der Waals surface area contributed by atoms with Crippen molar-refractivity contribution >= 4 is 13.6 Å². The van der Waals surface area contributed by atoms with Crippen LogP contribution < -0.4 is 0 Å². The van der Waals surface area contributed by atoms with Gasteiger partial charge in [0.05, 0.1) is 19.1 Å². The van der Waals surface area contributed by atoms with Gasteiger partial charge in [0.1, 0.15) is 6.61 Å². The minimum Gasteiger partial charge on any atom is -0.465 e. The van der Waals surface area contributed by atoms with Crippen LogP contribution in [0.2, 0.25) is 0 Å². The maximum Gasteiger partial charge on any atom is 0.329 e. The highest BCUT2D eigenvalue weighted by atomic mass is 31.2. The molecule has 7 heteroatoms. The molecule has 196 valence electrons. The van der Waals surface area contributed by atoms with Gasteiger partial charge in [0.2, 0.25) is 0 Å². The average molecular weight is 515 g/mol. The quantitative estimate of drug-likeness (QED) is 0.193. The van der Waals surface area contributed by atoms with Crippen LogP contribution in [0.4, 0.5) is 0 Å². The van der Waals surface area contributed by atoms with Crippen molar-refractivity contribution in [3.63, 3.8) is 0 Å². The number of rotatable bonds is 10. The van der Waals surface area contributed by atoms with Gasteiger partial charge >= 0.3 is 13.6 Å². The number of hydrogen-bond acceptors (Lipinski definition) is 6. The molecule has 2 aromatic carbocycles. The Labute approximate surface area is 215 Å². The van der Waals surface area contributed by atoms with Crippen LogP contribution in [-0.4, -0.2) is 38.2 Å². The van der Waals surface area contributed by atoms with Crippen molar-refractivity contribution in [3.8, 4) is 11.1 Å². The minimum absolute atomic E-state index is 0.0156. The summed E-state index contributed by atoms with van der Waals surface area (Å²) in [7, 11) is -3.27. The molecule has 1 fully saturated rings. The van der Waals surface area contributed by atoms with Gasteiger partial charge in [-0.25, -0.2) is 0 Å². The minimum atomic E-state index is -3.27. The largest absolute Gasteiger partial charge is 0.465 e. The van der Waals surface area contributed by atoms with Crippen molar-refractivity contribution in [3.05, 3.63) is 59.7 Å². The van der Waals surface area contributed by atoms with E-state index in [9.17, 15) is 9.36 Å². The van der Waals surface area contributed by atoms with Crippen LogP contribution in [0.15, 0.2) is 48.5 Å². The van der Waals surface area contributed by atoms with Crippen molar-refractivity contribution in [2.75, 3.05) is 19.9 Å². The van der Waals surface area contributed by atoms with Crippen molar-refractivity contribution in [1.29, 1.82) is 0 Å². The van der Waals surface area contributed by atoms with Crippen LogP contribution >= 0.6 is 7.60 Å². The Balaban J connectivity index is 1.38. The summed E-state index contributed by atoms with van der Waals surface area (Å²) in [6, 6.07) is 16.6. The molecule has 1 aliphatic heterocycles. The van der Waals surface area contributed by atoms with E-state index in [-0.39, 0.29) is 48.8 Å². The Hall–Kier alpha value is -1.98. The molecule has 4 rings (SSSR count). The fraction of sp³-hybridized carbons (Fsp3) is 0.552. The lowest BCUT2D eigenvalue weighted by molar-refractivity contribution is -0.217. The van der Waals surface area contributed by atoms with Gasteiger partial charge in [-0.1, -0.05) is 82.6 Å². The lowest BCUT2D eigenvalue weighted by Gasteiger charge is -2.43. The Morgan fingerprint density at radius 1 is 0.944 bits per heavy atom. The standard InChI is InChI=1S/C29H39O6P/c1-6-7-16-33-36(5,31)35-29-21(4)19(2)20(3)27(34-29)17-28(30)32-18-26-24-14-10-8-12-22(24)23-13-9-11-15-25(23)26/h8-15,19-21,26-27,29H,6-7,16-18H2,1-5H3/t19-,20-,21?,27?,29-,36?/m0/s1. The van der Waals surface area contributed by atoms with E-state index in [0.717, 1.165) is 12.8 Å². The molecule has 2 aliphatic rings. The second-order valence-corrected chi connectivity index (χ2v) is 12.3. The summed E-state index contributed by atoms with van der Waals surface area (Å²) in [5.41, 5.74) is 4.77. The molecule has 2 aromatic rings. The van der Waals surface area contributed by atoms with Crippen LogP contribution in [0.25, 0.3) is 11.1 Å². The molecule has 0 bridgehead atoms. The first-order chi connectivity index (χ1) is 17.2. The molecule has 3 unspecified atom stereocenters. The zero-order valence-corrected chi connectivity index (χ0v) is 22.9. The van der Waals surface area contributed by atoms with Crippen LogP contribution in [0.5, 0.6) is 0 Å². The molecule has 1 heterocycles. The number of hydrogen-bond donors (Lipinski definition) is 0. The summed E-state index contributed by atoms with van der Waals surface area (Å²) in [6.07, 6.45) is 0.819. The number of benzene rings is 2. The molecular formula is C29H39O6P. The molecule has 0 amide bonds. The predicted octanol–water partition coefficient (Wildman–Crippen LogP) is 7.02. The average Bonchev–Trinajstić information content (AvgIpc) is 3.18. The summed E-state index contributed by atoms with van der Waals surface area (Å²) in [5.74, 6) is 0.0746. The molecule has 1 saturated heterocycles. The Bertz CT molecular complexity index is 1060. The maximum absolute atomic E-state index is 13.0. The van der Waals surface area contributed by atoms with E-state index in [1.807, 2.05) is 38.1 Å². The zero-order valence-electron chi connectivity index (χ0n) is 22.0. The third-order valence-electron chi connectivity index (χ3n) is 7.84. The highest BCUT2D eigenvalue weighted by Gasteiger charge is 2.43. The van der Waals surface area contributed by atoms with Gasteiger partial charge < -0.3 is 14.0 Å². The smallest absolute Gasteiger partial charge is 0.329 e. The number of carbonyl (C=O) groups is 1. The van der Waals surface area contributed by atoms with Gasteiger partial charge in [-0.2, -0.15) is 0 Å². The zero-order chi connectivity index (χ0) is 25.9. The lowest BCUT2D eigenvalue weighted by Crippen LogP contribution is -2.46. The van der Waals surface area contributed by atoms with Gasteiger partial charge in [0, 0.05) is 18.5 Å². The molecule has 6 nitrogen and oxygen atoms in total. The third kappa shape index (κ3) is 5.94. The Morgan fingerprint density at radius 3 is 2.17 bits per heavy atom. The summed E-state index contributed by atoms with van der Waals surface area (Å²) < 4.78 is 36.2. The highest BCUT2D eigenvalue weighted by molar-refractivity contribution is 7.53. The Kier molecular flexibility index (Phi) is 8.72. The molecular weight excluding hydrogens is 475 g/mol. The number of fused-ring (bicyclic) bond motifs is 3. The molecule has 0 radical (unpaired) electrons. The van der Waals surface area contributed by atoms with Crippen LogP contribution in [0, 0.1) is 17.8 Å². The third-order valence-corrected chi connectivity index (χ3v) is 9.09. The maximum atomic E-state index is 13.0. The summed E-state index contributed by atoms with van der Waals surface area (Å²) in [5, 5.41) is 0. The molecule has 0 aromatic heterocycles. The first-order valence-corrected chi connectivity index (χ1v) is 15.1. The van der Waals surface area contributed by atoms with Gasteiger partial charge in [-0.15, -0.1) is 0 Å². The topological polar surface area (TPSA) is 71.1 Å². The van der Waals surface area contributed by atoms with Gasteiger partial charge in [0.15, 0.2) is 6.29 Å². The SMILES string of the molecule is CCCCOP(C)(=O)O[C@@H]1OC(CC(=O)OCC2c3ccccc3-c3ccccc32)[C@@H](C)[C@H](C)C1C. The fourth-order valence-electron chi connectivity index (χ4n) is 5.27. The van der Waals surface area contributed by atoms with Gasteiger partial charge in [-0.05, 0) is 40.5 Å². The number of esters is 1. The fourth-order valence-corrected chi connectivity index (χ4v) is 6.41. The summed E-state index contributed by atoms with van der Waals surface area (Å²) >= 11 is 0. The number of ether oxygens (including phenoxy) is 2. The summed E-state index contributed by atoms with van der Waals surface area (Å²) in [4.78, 5) is 13.0. The van der Waals surface area contributed by atoms with Crippen molar-refractivity contribution in [1.82, 2.24) is 0 Å². The van der Waals surface area contributed by atoms with E-state index >= 15 is 0 Å². The number of carbonyl (C=O) groups excluding carboxylic acids is 1. The molecule has 0 spiro atoms. The Morgan fingerprint density at radius 2 is 1.56 bits per heavy atom. The van der Waals surface area contributed by atoms with E-state index < -0.39 is 13.9 Å². The van der Waals surface area contributed by atoms with E-state index in [4.69, 9.17) is 18.5 Å². The molecule has 0 saturated carbocycles. The van der Waals surface area contributed by atoms with E-state index in [2.05, 4.69) is 38.1 Å². The summed E-state index contributed by atoms with van der Waals surface area (Å²) in [6.45, 7) is 10.5. The van der Waals surface area contributed by atoms with E-state index in [1.54, 1.807) is 0 Å². The molecule has 6 atom stereocenters. The van der Waals surface area contributed by atoms with Gasteiger partial charge in [-0.3, -0.25) is 13.9 Å². The van der Waals surface area contributed by atoms with Crippen molar-refractivity contribution in [2.45, 2.75) is 65.3 Å². The van der Waals surface area contributed by atoms with Crippen molar-refractivity contribution in [2.24, 2.45) is 17.8 Å². The molecule has 0 N–H and O–H groups in total. The predicted molar refractivity (Wildman–Crippen MR) is 141 cm³/mol. The second-order valence-electron chi connectivity index (χ2n) is 10.3. The van der Waals surface area contributed by atoms with Gasteiger partial charge in [0.25, 0.3) is 0 Å². The lowest BCUT2D eigenvalue weighted by atomic mass is 9.78. The van der Waals surface area contributed by atoms with Crippen molar-refractivity contribution < 1.29 is 27.9 Å². The van der Waals surface area contributed by atoms with Crippen LogP contribution in [0.1, 0.15) is 64.0 Å². The normalized spacial score (nSPS) is 27.2. The molecule has 1 aliphatic carbocycles. The first kappa shape index (κ1) is 27.1. The van der Waals surface area contributed by atoms with E-state index in [1.165, 1.54) is 28.9 Å². The van der Waals surface area contributed by atoms with E-state index in [0.29, 0.717) is 6.61 Å². The number of unbranched alkanes of at least 4 members (excludes halogenated alkanes) is 1. The van der Waals surface area contributed by atoms with Crippen LogP contribution in [-0.2, 0) is 27.9 Å². The van der Waals surface area contributed by atoms with Crippen LogP contribution in [0.3, 0.4) is 0 Å². The monoisotopic (exact) mass is 514 g/mol. The molecule has 36 heavy (non-hydrogen) atoms. The first-order valence-electron chi connectivity index (χ1n) is 13.1. The highest BCUT2D eigenvalue weighted by Crippen LogP contribution is 2.50.